The maximum absolute atomic E-state index is 6.06. The molecule has 0 amide bonds. The molecule has 0 aromatic heterocycles. The van der Waals surface area contributed by atoms with Gasteiger partial charge in [0.1, 0.15) is 12.2 Å². The second-order valence-corrected chi connectivity index (χ2v) is 4.99. The molecule has 4 heteroatoms. The van der Waals surface area contributed by atoms with Crippen molar-refractivity contribution < 1.29 is 14.2 Å². The second-order valence-electron chi connectivity index (χ2n) is 4.99. The number of ether oxygens (including phenoxy) is 3. The molecule has 4 nitrogen and oxygen atoms in total. The fourth-order valence-electron chi connectivity index (χ4n) is 1.87. The van der Waals surface area contributed by atoms with Gasteiger partial charge in [0, 0.05) is 0 Å². The highest BCUT2D eigenvalue weighted by Gasteiger charge is 2.41. The predicted molar refractivity (Wildman–Crippen MR) is 63.4 cm³/mol. The Morgan fingerprint density at radius 2 is 1.81 bits per heavy atom. The van der Waals surface area contributed by atoms with Gasteiger partial charge in [0.2, 0.25) is 0 Å². The molecule has 1 aliphatic heterocycles. The fourth-order valence-corrected chi connectivity index (χ4v) is 1.87. The Bertz CT molecular complexity index is 208. The summed E-state index contributed by atoms with van der Waals surface area (Å²) in [6.07, 6.45) is 0.287. The van der Waals surface area contributed by atoms with Crippen molar-refractivity contribution in [3.8, 4) is 0 Å². The molecule has 0 spiro atoms. The van der Waals surface area contributed by atoms with Crippen molar-refractivity contribution in [2.75, 3.05) is 6.61 Å². The molecule has 1 fully saturated rings. The van der Waals surface area contributed by atoms with Gasteiger partial charge in [0.25, 0.3) is 0 Å². The van der Waals surface area contributed by atoms with Crippen LogP contribution in [0, 0.1) is 0 Å². The van der Waals surface area contributed by atoms with Crippen LogP contribution in [0.3, 0.4) is 0 Å². The van der Waals surface area contributed by atoms with Crippen LogP contribution >= 0.6 is 0 Å². The molecule has 16 heavy (non-hydrogen) atoms. The van der Waals surface area contributed by atoms with Gasteiger partial charge in [-0.05, 0) is 34.6 Å². The van der Waals surface area contributed by atoms with E-state index < -0.39 is 0 Å². The molecule has 0 aromatic carbocycles. The van der Waals surface area contributed by atoms with Crippen molar-refractivity contribution in [2.45, 2.75) is 71.2 Å². The zero-order valence-corrected chi connectivity index (χ0v) is 11.0. The minimum atomic E-state index is -0.0665. The van der Waals surface area contributed by atoms with Gasteiger partial charge in [0.15, 0.2) is 0 Å². The summed E-state index contributed by atoms with van der Waals surface area (Å²) in [6, 6.07) is -0.0665. The van der Waals surface area contributed by atoms with Crippen LogP contribution in [0.1, 0.15) is 34.6 Å². The number of hydrogen-bond donors (Lipinski definition) is 1. The summed E-state index contributed by atoms with van der Waals surface area (Å²) in [4.78, 5) is 0. The van der Waals surface area contributed by atoms with E-state index in [9.17, 15) is 0 Å². The van der Waals surface area contributed by atoms with Crippen molar-refractivity contribution in [2.24, 2.45) is 5.73 Å². The highest BCUT2D eigenvalue weighted by molar-refractivity contribution is 4.93. The predicted octanol–water partition coefficient (Wildman–Crippen LogP) is 1.32. The zero-order valence-electron chi connectivity index (χ0n) is 11.0. The molecule has 0 bridgehead atoms. The second kappa shape index (κ2) is 5.96. The van der Waals surface area contributed by atoms with Crippen LogP contribution in [0.5, 0.6) is 0 Å². The molecule has 1 saturated heterocycles. The average molecular weight is 231 g/mol. The Hall–Kier alpha value is -0.160. The molecule has 1 aliphatic rings. The van der Waals surface area contributed by atoms with E-state index in [4.69, 9.17) is 19.9 Å². The van der Waals surface area contributed by atoms with E-state index in [0.29, 0.717) is 6.61 Å². The molecule has 0 aliphatic carbocycles. The van der Waals surface area contributed by atoms with Gasteiger partial charge in [-0.3, -0.25) is 0 Å². The van der Waals surface area contributed by atoms with E-state index in [2.05, 4.69) is 0 Å². The van der Waals surface area contributed by atoms with Crippen LogP contribution in [0.25, 0.3) is 0 Å². The third-order valence-electron chi connectivity index (χ3n) is 2.70. The average Bonchev–Trinajstić information content (AvgIpc) is 2.42. The molecule has 0 saturated carbocycles. The van der Waals surface area contributed by atoms with Crippen molar-refractivity contribution >= 4 is 0 Å². The summed E-state index contributed by atoms with van der Waals surface area (Å²) >= 11 is 0. The van der Waals surface area contributed by atoms with Gasteiger partial charge < -0.3 is 19.9 Å². The number of nitrogens with two attached hydrogens (primary N) is 1. The first-order valence-corrected chi connectivity index (χ1v) is 6.10. The Kier molecular flexibility index (Phi) is 5.18. The highest BCUT2D eigenvalue weighted by atomic mass is 16.6. The minimum absolute atomic E-state index is 0.0320. The third kappa shape index (κ3) is 3.70. The first-order valence-electron chi connectivity index (χ1n) is 6.10. The maximum Gasteiger partial charge on any atom is 0.109 e. The molecular weight excluding hydrogens is 206 g/mol. The standard InChI is InChI=1S/C12H25NO3/c1-7(2)14-6-10-12(15-8(3)4)11(13)9(5)16-10/h7-12H,6,13H2,1-5H3/t9-,10+,11+,12-/m0/s1. The number of rotatable bonds is 5. The summed E-state index contributed by atoms with van der Waals surface area (Å²) in [5.74, 6) is 0. The SMILES string of the molecule is CC(C)OC[C@H]1O[C@@H](C)[C@@H](N)[C@H]1OC(C)C. The molecular formula is C12H25NO3. The van der Waals surface area contributed by atoms with Crippen molar-refractivity contribution in [1.29, 1.82) is 0 Å². The van der Waals surface area contributed by atoms with Gasteiger partial charge >= 0.3 is 0 Å². The normalized spacial score (nSPS) is 35.2. The van der Waals surface area contributed by atoms with Crippen LogP contribution in [0.2, 0.25) is 0 Å². The molecule has 1 rings (SSSR count). The largest absolute Gasteiger partial charge is 0.376 e. The molecule has 4 atom stereocenters. The van der Waals surface area contributed by atoms with Gasteiger partial charge in [-0.1, -0.05) is 0 Å². The van der Waals surface area contributed by atoms with Crippen LogP contribution in [-0.4, -0.2) is 43.2 Å². The Balaban J connectivity index is 2.52. The van der Waals surface area contributed by atoms with E-state index >= 15 is 0 Å². The van der Waals surface area contributed by atoms with E-state index in [1.54, 1.807) is 0 Å². The van der Waals surface area contributed by atoms with Crippen molar-refractivity contribution in [3.63, 3.8) is 0 Å². The molecule has 0 aromatic rings. The van der Waals surface area contributed by atoms with Gasteiger partial charge in [0.05, 0.1) is 31.0 Å². The van der Waals surface area contributed by atoms with Crippen LogP contribution in [-0.2, 0) is 14.2 Å². The van der Waals surface area contributed by atoms with E-state index in [1.807, 2.05) is 34.6 Å². The maximum atomic E-state index is 6.06. The van der Waals surface area contributed by atoms with E-state index in [0.717, 1.165) is 0 Å². The summed E-state index contributed by atoms with van der Waals surface area (Å²) in [5, 5.41) is 0. The quantitative estimate of drug-likeness (QED) is 0.775. The fraction of sp³-hybridized carbons (Fsp3) is 1.00. The summed E-state index contributed by atoms with van der Waals surface area (Å²) in [7, 11) is 0. The first kappa shape index (κ1) is 13.9. The lowest BCUT2D eigenvalue weighted by Gasteiger charge is -2.24. The first-order chi connectivity index (χ1) is 7.41. The summed E-state index contributed by atoms with van der Waals surface area (Å²) in [6.45, 7) is 10.6. The Labute approximate surface area is 98.4 Å². The summed E-state index contributed by atoms with van der Waals surface area (Å²) < 4.78 is 17.1. The minimum Gasteiger partial charge on any atom is -0.376 e. The summed E-state index contributed by atoms with van der Waals surface area (Å²) in [5.41, 5.74) is 6.06. The molecule has 1 heterocycles. The van der Waals surface area contributed by atoms with E-state index in [1.165, 1.54) is 0 Å². The van der Waals surface area contributed by atoms with E-state index in [-0.39, 0.29) is 36.6 Å². The van der Waals surface area contributed by atoms with Gasteiger partial charge in [-0.25, -0.2) is 0 Å². The van der Waals surface area contributed by atoms with Crippen LogP contribution in [0.4, 0.5) is 0 Å². The van der Waals surface area contributed by atoms with Crippen LogP contribution < -0.4 is 5.73 Å². The van der Waals surface area contributed by atoms with Crippen molar-refractivity contribution in [3.05, 3.63) is 0 Å². The lowest BCUT2D eigenvalue weighted by molar-refractivity contribution is -0.0860. The molecule has 0 unspecified atom stereocenters. The van der Waals surface area contributed by atoms with Crippen LogP contribution in [0.15, 0.2) is 0 Å². The highest BCUT2D eigenvalue weighted by Crippen LogP contribution is 2.24. The smallest absolute Gasteiger partial charge is 0.109 e. The topological polar surface area (TPSA) is 53.7 Å². The van der Waals surface area contributed by atoms with Crippen molar-refractivity contribution in [1.82, 2.24) is 0 Å². The Morgan fingerprint density at radius 1 is 1.19 bits per heavy atom. The Morgan fingerprint density at radius 3 is 2.31 bits per heavy atom. The monoisotopic (exact) mass is 231 g/mol. The molecule has 0 radical (unpaired) electrons. The zero-order chi connectivity index (χ0) is 12.3. The van der Waals surface area contributed by atoms with Gasteiger partial charge in [-0.15, -0.1) is 0 Å². The molecule has 2 N–H and O–H groups in total. The molecule has 96 valence electrons. The lowest BCUT2D eigenvalue weighted by Crippen LogP contribution is -2.44. The third-order valence-corrected chi connectivity index (χ3v) is 2.70. The van der Waals surface area contributed by atoms with Gasteiger partial charge in [-0.2, -0.15) is 0 Å². The lowest BCUT2D eigenvalue weighted by atomic mass is 10.1. The number of hydrogen-bond acceptors (Lipinski definition) is 4.